The zero-order valence-corrected chi connectivity index (χ0v) is 11.0. The van der Waals surface area contributed by atoms with Crippen LogP contribution in [0.5, 0.6) is 5.75 Å². The maximum absolute atomic E-state index is 6.17. The van der Waals surface area contributed by atoms with Gasteiger partial charge in [-0.3, -0.25) is 4.98 Å². The van der Waals surface area contributed by atoms with E-state index in [9.17, 15) is 0 Å². The summed E-state index contributed by atoms with van der Waals surface area (Å²) >= 11 is 7.52. The normalized spacial score (nSPS) is 12.4. The zero-order valence-electron chi connectivity index (χ0n) is 9.39. The van der Waals surface area contributed by atoms with E-state index in [1.165, 1.54) is 0 Å². The van der Waals surface area contributed by atoms with Gasteiger partial charge in [0, 0.05) is 34.1 Å². The summed E-state index contributed by atoms with van der Waals surface area (Å²) in [5.74, 6) is 0.731. The van der Waals surface area contributed by atoms with Crippen LogP contribution in [0.15, 0.2) is 29.9 Å². The zero-order chi connectivity index (χ0) is 12.3. The lowest BCUT2D eigenvalue weighted by atomic mass is 10.0. The smallest absolute Gasteiger partial charge is 0.125 e. The first kappa shape index (κ1) is 12.4. The van der Waals surface area contributed by atoms with Gasteiger partial charge in [0.25, 0.3) is 0 Å². The van der Waals surface area contributed by atoms with Crippen LogP contribution in [0.3, 0.4) is 0 Å². The topological polar surface area (TPSA) is 48.1 Å². The number of rotatable bonds is 4. The van der Waals surface area contributed by atoms with Crippen molar-refractivity contribution in [2.45, 2.75) is 12.5 Å². The molecule has 3 nitrogen and oxygen atoms in total. The van der Waals surface area contributed by atoms with Crippen LogP contribution in [-0.4, -0.2) is 12.1 Å². The minimum Gasteiger partial charge on any atom is -0.496 e. The Morgan fingerprint density at radius 3 is 3.00 bits per heavy atom. The summed E-state index contributed by atoms with van der Waals surface area (Å²) in [6, 6.07) is 5.41. The van der Waals surface area contributed by atoms with Crippen molar-refractivity contribution in [3.8, 4) is 5.75 Å². The second kappa shape index (κ2) is 5.49. The quantitative estimate of drug-likeness (QED) is 0.927. The highest BCUT2D eigenvalue weighted by molar-refractivity contribution is 7.09. The van der Waals surface area contributed by atoms with Crippen LogP contribution in [0.25, 0.3) is 0 Å². The van der Waals surface area contributed by atoms with E-state index in [0.29, 0.717) is 5.02 Å². The van der Waals surface area contributed by atoms with Crippen LogP contribution < -0.4 is 10.5 Å². The average Bonchev–Trinajstić information content (AvgIpc) is 2.81. The van der Waals surface area contributed by atoms with Crippen LogP contribution in [-0.2, 0) is 6.42 Å². The largest absolute Gasteiger partial charge is 0.496 e. The molecule has 2 aromatic rings. The average molecular weight is 269 g/mol. The van der Waals surface area contributed by atoms with E-state index >= 15 is 0 Å². The number of benzene rings is 1. The summed E-state index contributed by atoms with van der Waals surface area (Å²) in [6.07, 6.45) is 2.59. The third-order valence-electron chi connectivity index (χ3n) is 2.50. The predicted molar refractivity (Wildman–Crippen MR) is 70.8 cm³/mol. The highest BCUT2D eigenvalue weighted by Crippen LogP contribution is 2.29. The Morgan fingerprint density at radius 1 is 1.53 bits per heavy atom. The molecule has 0 aliphatic rings. The summed E-state index contributed by atoms with van der Waals surface area (Å²) in [5.41, 5.74) is 8.94. The Kier molecular flexibility index (Phi) is 3.99. The number of thiazole rings is 1. The third kappa shape index (κ3) is 2.97. The van der Waals surface area contributed by atoms with Crippen molar-refractivity contribution >= 4 is 22.9 Å². The van der Waals surface area contributed by atoms with E-state index in [4.69, 9.17) is 22.1 Å². The minimum atomic E-state index is -0.109. The van der Waals surface area contributed by atoms with Gasteiger partial charge in [-0.1, -0.05) is 17.7 Å². The Balaban J connectivity index is 2.21. The predicted octanol–water partition coefficient (Wildman–Crippen LogP) is 3.05. The van der Waals surface area contributed by atoms with Crippen LogP contribution in [0.1, 0.15) is 16.5 Å². The molecule has 0 radical (unpaired) electrons. The molecule has 1 atom stereocenters. The molecule has 0 bridgehead atoms. The van der Waals surface area contributed by atoms with Gasteiger partial charge in [-0.05, 0) is 12.1 Å². The standard InChI is InChI=1S/C12H13ClN2OS/c1-16-12-4-8(13)2-3-10(12)11(14)5-9-6-15-7-17-9/h2-4,6-7,11H,5,14H2,1H3. The van der Waals surface area contributed by atoms with Gasteiger partial charge >= 0.3 is 0 Å². The molecule has 2 rings (SSSR count). The first-order valence-corrected chi connectivity index (χ1v) is 6.43. The number of ether oxygens (including phenoxy) is 1. The maximum atomic E-state index is 6.17. The summed E-state index contributed by atoms with van der Waals surface area (Å²) < 4.78 is 5.29. The van der Waals surface area contributed by atoms with Crippen molar-refractivity contribution in [1.29, 1.82) is 0 Å². The molecule has 0 aliphatic heterocycles. The van der Waals surface area contributed by atoms with E-state index in [1.807, 2.05) is 18.3 Å². The fourth-order valence-electron chi connectivity index (χ4n) is 1.66. The Hall–Kier alpha value is -1.10. The first-order chi connectivity index (χ1) is 8.20. The second-order valence-corrected chi connectivity index (χ2v) is 5.07. The fraction of sp³-hybridized carbons (Fsp3) is 0.250. The molecule has 90 valence electrons. The molecule has 1 unspecified atom stereocenters. The number of hydrogen-bond acceptors (Lipinski definition) is 4. The lowest BCUT2D eigenvalue weighted by molar-refractivity contribution is 0.405. The Bertz CT molecular complexity index is 487. The summed E-state index contributed by atoms with van der Waals surface area (Å²) in [4.78, 5) is 5.20. The van der Waals surface area contributed by atoms with Gasteiger partial charge in [-0.2, -0.15) is 0 Å². The Morgan fingerprint density at radius 2 is 2.35 bits per heavy atom. The van der Waals surface area contributed by atoms with Crippen molar-refractivity contribution in [2.75, 3.05) is 7.11 Å². The first-order valence-electron chi connectivity index (χ1n) is 5.17. The summed E-state index contributed by atoms with van der Waals surface area (Å²) in [5, 5.41) is 0.649. The van der Waals surface area contributed by atoms with Crippen molar-refractivity contribution in [3.63, 3.8) is 0 Å². The number of aromatic nitrogens is 1. The number of nitrogens with two attached hydrogens (primary N) is 1. The molecule has 0 aliphatic carbocycles. The molecule has 0 saturated heterocycles. The lowest BCUT2D eigenvalue weighted by Gasteiger charge is -2.15. The number of halogens is 1. The number of hydrogen-bond donors (Lipinski definition) is 1. The number of nitrogens with zero attached hydrogens (tertiary/aromatic N) is 1. The molecule has 0 saturated carbocycles. The van der Waals surface area contributed by atoms with Gasteiger partial charge in [0.05, 0.1) is 12.6 Å². The molecule has 1 aromatic heterocycles. The summed E-state index contributed by atoms with van der Waals surface area (Å²) in [6.45, 7) is 0. The van der Waals surface area contributed by atoms with Gasteiger partial charge in [0.2, 0.25) is 0 Å². The lowest BCUT2D eigenvalue weighted by Crippen LogP contribution is -2.13. The molecular formula is C12H13ClN2OS. The molecule has 1 aromatic carbocycles. The van der Waals surface area contributed by atoms with Crippen molar-refractivity contribution in [2.24, 2.45) is 5.73 Å². The van der Waals surface area contributed by atoms with Crippen LogP contribution in [0.2, 0.25) is 5.02 Å². The van der Waals surface area contributed by atoms with Crippen molar-refractivity contribution in [1.82, 2.24) is 4.98 Å². The van der Waals surface area contributed by atoms with Gasteiger partial charge in [0.1, 0.15) is 5.75 Å². The molecule has 0 fully saturated rings. The number of methoxy groups -OCH3 is 1. The molecule has 0 amide bonds. The third-order valence-corrected chi connectivity index (χ3v) is 3.54. The second-order valence-electron chi connectivity index (χ2n) is 3.66. The minimum absolute atomic E-state index is 0.109. The van der Waals surface area contributed by atoms with E-state index < -0.39 is 0 Å². The Labute approximate surface area is 109 Å². The van der Waals surface area contributed by atoms with E-state index in [0.717, 1.165) is 22.6 Å². The highest BCUT2D eigenvalue weighted by atomic mass is 35.5. The monoisotopic (exact) mass is 268 g/mol. The van der Waals surface area contributed by atoms with Crippen LogP contribution in [0.4, 0.5) is 0 Å². The van der Waals surface area contributed by atoms with E-state index in [2.05, 4.69) is 4.98 Å². The molecule has 1 heterocycles. The van der Waals surface area contributed by atoms with Crippen LogP contribution in [0, 0.1) is 0 Å². The fourth-order valence-corrected chi connectivity index (χ4v) is 2.48. The molecule has 2 N–H and O–H groups in total. The van der Waals surface area contributed by atoms with Crippen LogP contribution >= 0.6 is 22.9 Å². The molecular weight excluding hydrogens is 256 g/mol. The maximum Gasteiger partial charge on any atom is 0.125 e. The van der Waals surface area contributed by atoms with Gasteiger partial charge in [-0.15, -0.1) is 11.3 Å². The SMILES string of the molecule is COc1cc(Cl)ccc1C(N)Cc1cncs1. The van der Waals surface area contributed by atoms with Crippen molar-refractivity contribution < 1.29 is 4.74 Å². The van der Waals surface area contributed by atoms with E-state index in [-0.39, 0.29) is 6.04 Å². The van der Waals surface area contributed by atoms with E-state index in [1.54, 1.807) is 30.0 Å². The van der Waals surface area contributed by atoms with Gasteiger partial charge in [0.15, 0.2) is 0 Å². The summed E-state index contributed by atoms with van der Waals surface area (Å²) in [7, 11) is 1.62. The molecule has 5 heteroatoms. The molecule has 17 heavy (non-hydrogen) atoms. The van der Waals surface area contributed by atoms with Gasteiger partial charge < -0.3 is 10.5 Å². The van der Waals surface area contributed by atoms with Crippen molar-refractivity contribution in [3.05, 3.63) is 45.4 Å². The molecule has 0 spiro atoms. The van der Waals surface area contributed by atoms with Gasteiger partial charge in [-0.25, -0.2) is 0 Å². The highest BCUT2D eigenvalue weighted by Gasteiger charge is 2.13.